The maximum Gasteiger partial charge on any atom is 0.159 e. The summed E-state index contributed by atoms with van der Waals surface area (Å²) in [5, 5.41) is 0. The van der Waals surface area contributed by atoms with Crippen molar-refractivity contribution in [2.75, 3.05) is 14.2 Å². The Labute approximate surface area is 148 Å². The molecule has 0 fully saturated rings. The quantitative estimate of drug-likeness (QED) is 0.673. The first-order chi connectivity index (χ1) is 12.0. The number of ether oxygens (including phenoxy) is 2. The number of carbonyl (C=O) groups excluding carboxylic acids is 2. The summed E-state index contributed by atoms with van der Waals surface area (Å²) in [6.45, 7) is 3.12. The smallest absolute Gasteiger partial charge is 0.159 e. The van der Waals surface area contributed by atoms with E-state index in [2.05, 4.69) is 0 Å². The monoisotopic (exact) mass is 340 g/mol. The van der Waals surface area contributed by atoms with Crippen molar-refractivity contribution in [1.82, 2.24) is 0 Å². The Morgan fingerprint density at radius 1 is 0.760 bits per heavy atom. The Kier molecular flexibility index (Phi) is 6.34. The van der Waals surface area contributed by atoms with Gasteiger partial charge in [0.15, 0.2) is 11.6 Å². The van der Waals surface area contributed by atoms with E-state index < -0.39 is 0 Å². The van der Waals surface area contributed by atoms with E-state index in [0.717, 1.165) is 41.9 Å². The molecule has 0 aliphatic carbocycles. The normalized spacial score (nSPS) is 10.4. The van der Waals surface area contributed by atoms with Crippen molar-refractivity contribution in [1.29, 1.82) is 0 Å². The van der Waals surface area contributed by atoms with E-state index in [-0.39, 0.29) is 11.6 Å². The van der Waals surface area contributed by atoms with Crippen LogP contribution in [0.5, 0.6) is 11.5 Å². The van der Waals surface area contributed by atoms with E-state index in [0.29, 0.717) is 11.1 Å². The minimum atomic E-state index is 0.0414. The molecule has 0 saturated heterocycles. The first kappa shape index (κ1) is 18.7. The van der Waals surface area contributed by atoms with Crippen LogP contribution < -0.4 is 9.47 Å². The number of Topliss-reactive ketones (excluding diaryl/α,β-unsaturated/α-hetero) is 2. The van der Waals surface area contributed by atoms with Gasteiger partial charge in [-0.2, -0.15) is 0 Å². The Hall–Kier alpha value is -2.62. The third kappa shape index (κ3) is 4.69. The van der Waals surface area contributed by atoms with E-state index >= 15 is 0 Å². The van der Waals surface area contributed by atoms with Crippen molar-refractivity contribution < 1.29 is 19.1 Å². The summed E-state index contributed by atoms with van der Waals surface area (Å²) in [6.07, 6.45) is 2.41. The van der Waals surface area contributed by atoms with Crippen LogP contribution in [0.15, 0.2) is 36.4 Å². The highest BCUT2D eigenvalue weighted by Gasteiger charge is 2.10. The Morgan fingerprint density at radius 3 is 1.48 bits per heavy atom. The number of rotatable bonds is 8. The van der Waals surface area contributed by atoms with E-state index in [4.69, 9.17) is 9.47 Å². The molecule has 4 nitrogen and oxygen atoms in total. The first-order valence-electron chi connectivity index (χ1n) is 8.32. The van der Waals surface area contributed by atoms with Gasteiger partial charge in [0.1, 0.15) is 11.5 Å². The number of carbonyl (C=O) groups is 2. The molecular weight excluding hydrogens is 316 g/mol. The number of hydrogen-bond acceptors (Lipinski definition) is 4. The zero-order valence-electron chi connectivity index (χ0n) is 15.2. The van der Waals surface area contributed by atoms with Crippen LogP contribution in [0, 0.1) is 0 Å². The second-order valence-corrected chi connectivity index (χ2v) is 6.02. The van der Waals surface area contributed by atoms with Crippen molar-refractivity contribution in [3.8, 4) is 11.5 Å². The number of aryl methyl sites for hydroxylation is 2. The zero-order valence-corrected chi connectivity index (χ0v) is 15.2. The van der Waals surface area contributed by atoms with E-state index in [1.165, 1.54) is 0 Å². The van der Waals surface area contributed by atoms with Crippen molar-refractivity contribution in [3.05, 3.63) is 58.7 Å². The lowest BCUT2D eigenvalue weighted by Crippen LogP contribution is -2.01. The average Bonchev–Trinajstić information content (AvgIpc) is 2.61. The summed E-state index contributed by atoms with van der Waals surface area (Å²) in [6, 6.07) is 11.0. The molecule has 0 aliphatic rings. The van der Waals surface area contributed by atoms with Crippen LogP contribution in [0.4, 0.5) is 0 Å². The van der Waals surface area contributed by atoms with E-state index in [9.17, 15) is 9.59 Å². The molecule has 132 valence electrons. The number of benzene rings is 2. The number of hydrogen-bond donors (Lipinski definition) is 0. The predicted molar refractivity (Wildman–Crippen MR) is 98.0 cm³/mol. The molecule has 0 saturated carbocycles. The van der Waals surface area contributed by atoms with Crippen LogP contribution in [0.2, 0.25) is 0 Å². The second kappa shape index (κ2) is 8.47. The second-order valence-electron chi connectivity index (χ2n) is 6.02. The first-order valence-corrected chi connectivity index (χ1v) is 8.32. The van der Waals surface area contributed by atoms with Gasteiger partial charge >= 0.3 is 0 Å². The molecule has 2 aromatic carbocycles. The van der Waals surface area contributed by atoms with Crippen molar-refractivity contribution in [2.45, 2.75) is 33.1 Å². The summed E-state index contributed by atoms with van der Waals surface area (Å²) < 4.78 is 10.8. The molecule has 0 unspecified atom stereocenters. The zero-order chi connectivity index (χ0) is 18.4. The number of ketones is 2. The fraction of sp³-hybridized carbons (Fsp3) is 0.333. The average molecular weight is 340 g/mol. The van der Waals surface area contributed by atoms with Crippen LogP contribution in [0.1, 0.15) is 52.1 Å². The predicted octanol–water partition coefficient (Wildman–Crippen LogP) is 4.28. The highest BCUT2D eigenvalue weighted by atomic mass is 16.5. The fourth-order valence-electron chi connectivity index (χ4n) is 2.86. The van der Waals surface area contributed by atoms with Crippen LogP contribution >= 0.6 is 0 Å². The maximum atomic E-state index is 11.6. The van der Waals surface area contributed by atoms with Crippen molar-refractivity contribution in [2.24, 2.45) is 0 Å². The van der Waals surface area contributed by atoms with Gasteiger partial charge in [0.05, 0.1) is 14.2 Å². The molecule has 0 spiro atoms. The van der Waals surface area contributed by atoms with Gasteiger partial charge in [0.2, 0.25) is 0 Å². The van der Waals surface area contributed by atoms with Gasteiger partial charge in [-0.25, -0.2) is 0 Å². The van der Waals surface area contributed by atoms with Gasteiger partial charge in [0.25, 0.3) is 0 Å². The highest BCUT2D eigenvalue weighted by Crippen LogP contribution is 2.25. The minimum Gasteiger partial charge on any atom is -0.496 e. The summed E-state index contributed by atoms with van der Waals surface area (Å²) in [4.78, 5) is 23.2. The molecule has 0 N–H and O–H groups in total. The Morgan fingerprint density at radius 2 is 1.16 bits per heavy atom. The molecule has 2 rings (SSSR count). The summed E-state index contributed by atoms with van der Waals surface area (Å²) in [5.74, 6) is 1.66. The van der Waals surface area contributed by atoms with Crippen molar-refractivity contribution >= 4 is 11.6 Å². The van der Waals surface area contributed by atoms with Gasteiger partial charge in [-0.3, -0.25) is 9.59 Å². The van der Waals surface area contributed by atoms with Crippen molar-refractivity contribution in [3.63, 3.8) is 0 Å². The SMILES string of the molecule is COc1ccc(C(C)=O)cc1CCCc1cc(C(C)=O)ccc1OC. The molecule has 0 bridgehead atoms. The van der Waals surface area contributed by atoms with Crippen LogP contribution in [-0.4, -0.2) is 25.8 Å². The molecular formula is C21H24O4. The molecule has 4 heteroatoms. The standard InChI is InChI=1S/C21H24O4/c1-14(22)16-8-10-20(24-3)18(12-16)6-5-7-19-13-17(15(2)23)9-11-21(19)25-4/h8-13H,5-7H2,1-4H3. The highest BCUT2D eigenvalue weighted by molar-refractivity contribution is 5.94. The molecule has 0 atom stereocenters. The molecule has 0 heterocycles. The van der Waals surface area contributed by atoms with Gasteiger partial charge in [0, 0.05) is 11.1 Å². The van der Waals surface area contributed by atoms with Gasteiger partial charge < -0.3 is 9.47 Å². The molecule has 25 heavy (non-hydrogen) atoms. The van der Waals surface area contributed by atoms with Crippen LogP contribution in [0.25, 0.3) is 0 Å². The van der Waals surface area contributed by atoms with E-state index in [1.54, 1.807) is 40.2 Å². The van der Waals surface area contributed by atoms with Crippen LogP contribution in [-0.2, 0) is 12.8 Å². The minimum absolute atomic E-state index is 0.0414. The van der Waals surface area contributed by atoms with Gasteiger partial charge in [-0.1, -0.05) is 0 Å². The Balaban J connectivity index is 2.15. The fourth-order valence-corrected chi connectivity index (χ4v) is 2.86. The van der Waals surface area contributed by atoms with E-state index in [1.807, 2.05) is 24.3 Å². The maximum absolute atomic E-state index is 11.6. The molecule has 0 aliphatic heterocycles. The largest absolute Gasteiger partial charge is 0.496 e. The number of methoxy groups -OCH3 is 2. The third-order valence-corrected chi connectivity index (χ3v) is 4.27. The lowest BCUT2D eigenvalue weighted by Gasteiger charge is -2.12. The Bertz CT molecular complexity index is 712. The summed E-state index contributed by atoms with van der Waals surface area (Å²) >= 11 is 0. The van der Waals surface area contributed by atoms with Gasteiger partial charge in [-0.05, 0) is 80.6 Å². The topological polar surface area (TPSA) is 52.6 Å². The summed E-state index contributed by atoms with van der Waals surface area (Å²) in [5.41, 5.74) is 3.40. The molecule has 2 aromatic rings. The summed E-state index contributed by atoms with van der Waals surface area (Å²) in [7, 11) is 3.26. The lowest BCUT2D eigenvalue weighted by atomic mass is 9.98. The lowest BCUT2D eigenvalue weighted by molar-refractivity contribution is 0.100. The molecule has 0 radical (unpaired) electrons. The molecule has 0 amide bonds. The molecule has 0 aromatic heterocycles. The van der Waals surface area contributed by atoms with Crippen LogP contribution in [0.3, 0.4) is 0 Å². The van der Waals surface area contributed by atoms with Gasteiger partial charge in [-0.15, -0.1) is 0 Å². The third-order valence-electron chi connectivity index (χ3n) is 4.27.